The number of ether oxygens (including phenoxy) is 2. The van der Waals surface area contributed by atoms with Crippen molar-refractivity contribution in [2.75, 3.05) is 0 Å². The molecule has 0 aromatic carbocycles. The van der Waals surface area contributed by atoms with Crippen LogP contribution in [0.25, 0.3) is 0 Å². The van der Waals surface area contributed by atoms with Crippen molar-refractivity contribution in [1.82, 2.24) is 0 Å². The number of carbonyl (C=O) groups is 4. The van der Waals surface area contributed by atoms with E-state index in [1.807, 2.05) is 19.9 Å². The number of carbonyl (C=O) groups excluding carboxylic acids is 4. The molecule has 3 saturated carbocycles. The van der Waals surface area contributed by atoms with Gasteiger partial charge in [0.25, 0.3) is 0 Å². The number of Topliss-reactive ketones (excluding diaryl/α,β-unsaturated/α-hetero) is 1. The zero-order chi connectivity index (χ0) is 28.9. The van der Waals surface area contributed by atoms with Crippen LogP contribution in [0.4, 0.5) is 0 Å². The summed E-state index contributed by atoms with van der Waals surface area (Å²) in [6, 6.07) is 0. The van der Waals surface area contributed by atoms with Gasteiger partial charge in [0.15, 0.2) is 11.6 Å². The van der Waals surface area contributed by atoms with Crippen LogP contribution in [0.5, 0.6) is 0 Å². The Kier molecular flexibility index (Phi) is 6.39. The Balaban J connectivity index is 1.62. The highest BCUT2D eigenvalue weighted by atomic mass is 16.6. The molecule has 1 saturated heterocycles. The van der Waals surface area contributed by atoms with E-state index in [2.05, 4.69) is 6.92 Å². The summed E-state index contributed by atoms with van der Waals surface area (Å²) in [6.45, 7) is 12.4. The molecule has 0 aromatic rings. The van der Waals surface area contributed by atoms with Crippen molar-refractivity contribution in [3.8, 4) is 0 Å². The Morgan fingerprint density at radius 1 is 1.13 bits per heavy atom. The second kappa shape index (κ2) is 8.84. The minimum atomic E-state index is -1.30. The number of fused-ring (bicyclic) bond motifs is 5. The first-order valence-electron chi connectivity index (χ1n) is 14.3. The molecule has 0 bridgehead atoms. The zero-order valence-electron chi connectivity index (χ0n) is 24.1. The lowest BCUT2D eigenvalue weighted by atomic mass is 9.37. The van der Waals surface area contributed by atoms with Gasteiger partial charge in [0, 0.05) is 29.7 Å². The second-order valence-corrected chi connectivity index (χ2v) is 13.8. The maximum absolute atomic E-state index is 14.3. The minimum absolute atomic E-state index is 0.0733. The molecule has 1 aliphatic heterocycles. The summed E-state index contributed by atoms with van der Waals surface area (Å²) in [5.74, 6) is -2.66. The maximum atomic E-state index is 14.3. The molecule has 214 valence electrons. The van der Waals surface area contributed by atoms with Crippen molar-refractivity contribution >= 4 is 23.5 Å². The first-order valence-corrected chi connectivity index (χ1v) is 14.3. The van der Waals surface area contributed by atoms with Crippen LogP contribution in [0.1, 0.15) is 80.6 Å². The van der Waals surface area contributed by atoms with E-state index in [4.69, 9.17) is 9.47 Å². The first kappa shape index (κ1) is 28.2. The topological polar surface area (TPSA) is 127 Å². The fourth-order valence-electron chi connectivity index (χ4n) is 9.44. The number of rotatable bonds is 2. The van der Waals surface area contributed by atoms with Gasteiger partial charge < -0.3 is 19.7 Å². The Hall–Kier alpha value is -2.32. The molecule has 10 atom stereocenters. The molecule has 4 aliphatic carbocycles. The third-order valence-electron chi connectivity index (χ3n) is 11.5. The van der Waals surface area contributed by atoms with E-state index in [-0.39, 0.29) is 23.4 Å². The SMILES string of the molecule is CC(=O)O[C@H]1C[C@@]2(C)[C@@H](CC[C@H]3[C@@]4(C)C=CC(=O)[C@@H](C)[C@@H]4[C@H](O)C(=O)[C@@]32C)/C1=C1\CC[C@@H](C(C)(C)O)OC1=O. The van der Waals surface area contributed by atoms with Gasteiger partial charge in [0.1, 0.15) is 18.3 Å². The van der Waals surface area contributed by atoms with Crippen LogP contribution < -0.4 is 0 Å². The second-order valence-electron chi connectivity index (χ2n) is 13.8. The average Bonchev–Trinajstić information content (AvgIpc) is 3.12. The third-order valence-corrected chi connectivity index (χ3v) is 11.5. The van der Waals surface area contributed by atoms with Gasteiger partial charge in [0.05, 0.1) is 5.60 Å². The number of hydrogen-bond acceptors (Lipinski definition) is 8. The van der Waals surface area contributed by atoms with Gasteiger partial charge >= 0.3 is 11.9 Å². The summed E-state index contributed by atoms with van der Waals surface area (Å²) in [7, 11) is 0. The quantitative estimate of drug-likeness (QED) is 0.401. The molecule has 8 heteroatoms. The van der Waals surface area contributed by atoms with E-state index in [0.717, 1.165) is 5.57 Å². The lowest BCUT2D eigenvalue weighted by molar-refractivity contribution is -0.199. The van der Waals surface area contributed by atoms with E-state index in [0.29, 0.717) is 37.7 Å². The number of allylic oxidation sites excluding steroid dienone is 2. The largest absolute Gasteiger partial charge is 0.458 e. The molecule has 4 fully saturated rings. The average molecular weight is 543 g/mol. The van der Waals surface area contributed by atoms with Crippen LogP contribution in [-0.4, -0.2) is 57.6 Å². The van der Waals surface area contributed by atoms with Crippen molar-refractivity contribution in [3.63, 3.8) is 0 Å². The number of ketones is 2. The lowest BCUT2D eigenvalue weighted by Gasteiger charge is -2.65. The predicted octanol–water partition coefficient (Wildman–Crippen LogP) is 3.47. The number of aliphatic hydroxyl groups is 2. The molecule has 5 aliphatic rings. The third kappa shape index (κ3) is 3.77. The molecule has 0 spiro atoms. The lowest BCUT2D eigenvalue weighted by Crippen LogP contribution is -2.69. The van der Waals surface area contributed by atoms with Crippen molar-refractivity contribution in [1.29, 1.82) is 0 Å². The maximum Gasteiger partial charge on any atom is 0.334 e. The predicted molar refractivity (Wildman–Crippen MR) is 141 cm³/mol. The zero-order valence-corrected chi connectivity index (χ0v) is 24.1. The Bertz CT molecular complexity index is 1190. The van der Waals surface area contributed by atoms with Crippen LogP contribution in [0, 0.1) is 39.9 Å². The molecule has 1 heterocycles. The highest BCUT2D eigenvalue weighted by Gasteiger charge is 2.73. The van der Waals surface area contributed by atoms with E-state index >= 15 is 0 Å². The highest BCUT2D eigenvalue weighted by molar-refractivity contribution is 5.97. The molecule has 0 amide bonds. The van der Waals surface area contributed by atoms with E-state index in [1.54, 1.807) is 26.8 Å². The fraction of sp³-hybridized carbons (Fsp3) is 0.742. The molecule has 0 unspecified atom stereocenters. The number of cyclic esters (lactones) is 1. The van der Waals surface area contributed by atoms with Gasteiger partial charge in [0.2, 0.25) is 0 Å². The van der Waals surface area contributed by atoms with Crippen molar-refractivity contribution < 1.29 is 38.9 Å². The first-order chi connectivity index (χ1) is 18.0. The fourth-order valence-corrected chi connectivity index (χ4v) is 9.44. The van der Waals surface area contributed by atoms with Crippen LogP contribution >= 0.6 is 0 Å². The van der Waals surface area contributed by atoms with Gasteiger partial charge in [-0.25, -0.2) is 4.79 Å². The van der Waals surface area contributed by atoms with Gasteiger partial charge in [-0.15, -0.1) is 0 Å². The summed E-state index contributed by atoms with van der Waals surface area (Å²) < 4.78 is 11.5. The number of hydrogen-bond donors (Lipinski definition) is 2. The summed E-state index contributed by atoms with van der Waals surface area (Å²) in [4.78, 5) is 52.5. The molecule has 0 radical (unpaired) electrons. The molecular weight excluding hydrogens is 500 g/mol. The molecule has 39 heavy (non-hydrogen) atoms. The summed E-state index contributed by atoms with van der Waals surface area (Å²) >= 11 is 0. The minimum Gasteiger partial charge on any atom is -0.458 e. The highest BCUT2D eigenvalue weighted by Crippen LogP contribution is 2.72. The van der Waals surface area contributed by atoms with Gasteiger partial charge in [-0.1, -0.05) is 33.8 Å². The smallest absolute Gasteiger partial charge is 0.334 e. The Labute approximate surface area is 230 Å². The summed E-state index contributed by atoms with van der Waals surface area (Å²) in [5, 5.41) is 21.9. The number of esters is 2. The van der Waals surface area contributed by atoms with Crippen LogP contribution in [0.2, 0.25) is 0 Å². The van der Waals surface area contributed by atoms with E-state index < -0.39 is 63.9 Å². The molecule has 0 aromatic heterocycles. The van der Waals surface area contributed by atoms with E-state index in [1.165, 1.54) is 6.92 Å². The van der Waals surface area contributed by atoms with Gasteiger partial charge in [-0.05, 0) is 80.3 Å². The van der Waals surface area contributed by atoms with Crippen molar-refractivity contribution in [3.05, 3.63) is 23.3 Å². The normalized spacial score (nSPS) is 47.7. The Morgan fingerprint density at radius 3 is 2.38 bits per heavy atom. The monoisotopic (exact) mass is 542 g/mol. The summed E-state index contributed by atoms with van der Waals surface area (Å²) in [5.41, 5.74) is -2.25. The Morgan fingerprint density at radius 2 is 1.79 bits per heavy atom. The van der Waals surface area contributed by atoms with Gasteiger partial charge in [-0.2, -0.15) is 0 Å². The van der Waals surface area contributed by atoms with Crippen molar-refractivity contribution in [2.24, 2.45) is 39.9 Å². The molecular formula is C31H42O8. The molecule has 2 N–H and O–H groups in total. The molecule has 8 nitrogen and oxygen atoms in total. The molecule has 5 rings (SSSR count). The summed E-state index contributed by atoms with van der Waals surface area (Å²) in [6.07, 6.45) is 3.41. The van der Waals surface area contributed by atoms with Crippen LogP contribution in [0.15, 0.2) is 23.3 Å². The number of aliphatic hydroxyl groups excluding tert-OH is 1. The standard InChI is InChI=1S/C31H42O8/c1-15-19(33)12-13-29(5)21-10-9-18-23(17-8-11-22(28(3,4)37)39-27(17)36)20(38-16(2)32)14-30(18,6)31(21,7)26(35)25(34)24(15)29/h12-13,15,18,20-22,24-25,34,37H,8-11,14H2,1-7H3/b23-17-/t15-,18+,20+,21+,22+,24-,25+,29-,30+,31-/m1/s1. The van der Waals surface area contributed by atoms with Gasteiger partial charge in [-0.3, -0.25) is 14.4 Å². The van der Waals surface area contributed by atoms with Crippen LogP contribution in [-0.2, 0) is 28.7 Å². The van der Waals surface area contributed by atoms with Crippen molar-refractivity contribution in [2.45, 2.75) is 104 Å². The van der Waals surface area contributed by atoms with Crippen LogP contribution in [0.3, 0.4) is 0 Å². The van der Waals surface area contributed by atoms with E-state index in [9.17, 15) is 29.4 Å².